The zero-order valence-corrected chi connectivity index (χ0v) is 14.5. The summed E-state index contributed by atoms with van der Waals surface area (Å²) in [4.78, 5) is 5.95. The Morgan fingerprint density at radius 2 is 2.14 bits per heavy atom. The van der Waals surface area contributed by atoms with E-state index >= 15 is 0 Å². The van der Waals surface area contributed by atoms with Crippen LogP contribution in [0.15, 0.2) is 40.2 Å². The Morgan fingerprint density at radius 1 is 1.38 bits per heavy atom. The number of rotatable bonds is 4. The highest BCUT2D eigenvalue weighted by Crippen LogP contribution is 2.34. The van der Waals surface area contributed by atoms with Gasteiger partial charge in [0, 0.05) is 20.8 Å². The van der Waals surface area contributed by atoms with Gasteiger partial charge in [-0.15, -0.1) is 11.3 Å². The van der Waals surface area contributed by atoms with Gasteiger partial charge < -0.3 is 10.3 Å². The molecule has 110 valence electrons. The highest BCUT2D eigenvalue weighted by molar-refractivity contribution is 9.10. The van der Waals surface area contributed by atoms with Crippen LogP contribution in [0.1, 0.15) is 30.1 Å². The predicted molar refractivity (Wildman–Crippen MR) is 92.9 cm³/mol. The first-order valence-corrected chi connectivity index (χ1v) is 8.72. The number of aryl methyl sites for hydroxylation is 1. The first-order chi connectivity index (χ1) is 10.1. The maximum absolute atomic E-state index is 6.45. The van der Waals surface area contributed by atoms with E-state index in [9.17, 15) is 0 Å². The molecule has 3 nitrogen and oxygen atoms in total. The molecule has 2 N–H and O–H groups in total. The van der Waals surface area contributed by atoms with Gasteiger partial charge in [0.05, 0.1) is 17.1 Å². The smallest absolute Gasteiger partial charge is 0.107 e. The monoisotopic (exact) mass is 363 g/mol. The van der Waals surface area contributed by atoms with Crippen molar-refractivity contribution in [3.8, 4) is 0 Å². The molecular weight excluding hydrogens is 346 g/mol. The molecular formula is C16H18BrN3S. The van der Waals surface area contributed by atoms with E-state index in [1.807, 2.05) is 6.07 Å². The van der Waals surface area contributed by atoms with Gasteiger partial charge in [0.1, 0.15) is 5.82 Å². The lowest BCUT2D eigenvalue weighted by atomic mass is 10.0. The van der Waals surface area contributed by atoms with Gasteiger partial charge in [-0.25, -0.2) is 4.98 Å². The number of para-hydroxylation sites is 2. The van der Waals surface area contributed by atoms with Crippen LogP contribution in [0.2, 0.25) is 0 Å². The number of hydrogen-bond acceptors (Lipinski definition) is 3. The molecule has 2 heterocycles. The van der Waals surface area contributed by atoms with E-state index in [1.165, 1.54) is 4.88 Å². The maximum atomic E-state index is 6.45. The SMILES string of the molecule is CCC(N)C(c1cc(Br)cs1)n1c(C)nc2ccccc21. The van der Waals surface area contributed by atoms with Crippen LogP contribution in [-0.2, 0) is 0 Å². The van der Waals surface area contributed by atoms with Gasteiger partial charge in [-0.3, -0.25) is 0 Å². The van der Waals surface area contributed by atoms with Crippen LogP contribution in [0, 0.1) is 6.92 Å². The zero-order chi connectivity index (χ0) is 15.0. The molecule has 0 saturated heterocycles. The highest BCUT2D eigenvalue weighted by atomic mass is 79.9. The Morgan fingerprint density at radius 3 is 2.81 bits per heavy atom. The van der Waals surface area contributed by atoms with Crippen molar-refractivity contribution in [3.63, 3.8) is 0 Å². The van der Waals surface area contributed by atoms with E-state index < -0.39 is 0 Å². The standard InChI is InChI=1S/C16H18BrN3S/c1-3-12(18)16(15-8-11(17)9-21-15)20-10(2)19-13-6-4-5-7-14(13)20/h4-9,12,16H,3,18H2,1-2H3. The topological polar surface area (TPSA) is 43.8 Å². The second-order valence-electron chi connectivity index (χ2n) is 5.20. The molecule has 0 saturated carbocycles. The minimum atomic E-state index is 0.0619. The van der Waals surface area contributed by atoms with Crippen LogP contribution < -0.4 is 5.73 Å². The van der Waals surface area contributed by atoms with E-state index in [2.05, 4.69) is 69.0 Å². The van der Waals surface area contributed by atoms with E-state index in [4.69, 9.17) is 5.73 Å². The number of aromatic nitrogens is 2. The van der Waals surface area contributed by atoms with Gasteiger partial charge in [-0.05, 0) is 47.5 Å². The molecule has 0 aliphatic heterocycles. The Balaban J connectivity index is 2.21. The summed E-state index contributed by atoms with van der Waals surface area (Å²) in [7, 11) is 0. The fourth-order valence-corrected chi connectivity index (χ4v) is 4.36. The fraction of sp³-hybridized carbons (Fsp3) is 0.312. The van der Waals surface area contributed by atoms with Crippen LogP contribution in [-0.4, -0.2) is 15.6 Å². The lowest BCUT2D eigenvalue weighted by Gasteiger charge is -2.25. The molecule has 0 spiro atoms. The Kier molecular flexibility index (Phi) is 4.15. The van der Waals surface area contributed by atoms with Crippen molar-refractivity contribution in [1.82, 2.24) is 9.55 Å². The summed E-state index contributed by atoms with van der Waals surface area (Å²) in [6, 6.07) is 10.6. The number of fused-ring (bicyclic) bond motifs is 1. The third-order valence-corrected chi connectivity index (χ3v) is 5.57. The van der Waals surface area contributed by atoms with Crippen molar-refractivity contribution in [2.45, 2.75) is 32.4 Å². The molecule has 2 aromatic heterocycles. The van der Waals surface area contributed by atoms with Crippen molar-refractivity contribution in [2.24, 2.45) is 5.73 Å². The third-order valence-electron chi connectivity index (χ3n) is 3.81. The molecule has 3 aromatic rings. The van der Waals surface area contributed by atoms with Crippen molar-refractivity contribution in [3.05, 3.63) is 50.9 Å². The second-order valence-corrected chi connectivity index (χ2v) is 7.06. The van der Waals surface area contributed by atoms with Crippen molar-refractivity contribution in [1.29, 1.82) is 0 Å². The van der Waals surface area contributed by atoms with Crippen molar-refractivity contribution in [2.75, 3.05) is 0 Å². The van der Waals surface area contributed by atoms with Crippen LogP contribution in [0.3, 0.4) is 0 Å². The summed E-state index contributed by atoms with van der Waals surface area (Å²) >= 11 is 5.29. The number of nitrogens with zero attached hydrogens (tertiary/aromatic N) is 2. The summed E-state index contributed by atoms with van der Waals surface area (Å²) in [5.41, 5.74) is 8.63. The summed E-state index contributed by atoms with van der Waals surface area (Å²) < 4.78 is 3.39. The number of nitrogens with two attached hydrogens (primary N) is 1. The Labute approximate surface area is 136 Å². The lowest BCUT2D eigenvalue weighted by molar-refractivity contribution is 0.466. The largest absolute Gasteiger partial charge is 0.326 e. The summed E-state index contributed by atoms with van der Waals surface area (Å²) in [6.07, 6.45) is 0.923. The molecule has 2 unspecified atom stereocenters. The zero-order valence-electron chi connectivity index (χ0n) is 12.1. The molecule has 1 aromatic carbocycles. The lowest BCUT2D eigenvalue weighted by Crippen LogP contribution is -2.32. The second kappa shape index (κ2) is 5.91. The van der Waals surface area contributed by atoms with Crippen LogP contribution >= 0.6 is 27.3 Å². The summed E-state index contributed by atoms with van der Waals surface area (Å²) in [5, 5.41) is 2.11. The van der Waals surface area contributed by atoms with Crippen molar-refractivity contribution >= 4 is 38.3 Å². The number of hydrogen-bond donors (Lipinski definition) is 1. The molecule has 0 aliphatic carbocycles. The van der Waals surface area contributed by atoms with E-state index in [0.29, 0.717) is 0 Å². The molecule has 2 atom stereocenters. The van der Waals surface area contributed by atoms with E-state index in [0.717, 1.165) is 27.8 Å². The minimum absolute atomic E-state index is 0.0619. The summed E-state index contributed by atoms with van der Waals surface area (Å²) in [5.74, 6) is 1.01. The molecule has 3 rings (SSSR count). The average molecular weight is 364 g/mol. The third kappa shape index (κ3) is 2.65. The molecule has 21 heavy (non-hydrogen) atoms. The van der Waals surface area contributed by atoms with Crippen LogP contribution in [0.25, 0.3) is 11.0 Å². The molecule has 0 amide bonds. The molecule has 0 fully saturated rings. The van der Waals surface area contributed by atoms with E-state index in [-0.39, 0.29) is 12.1 Å². The first-order valence-electron chi connectivity index (χ1n) is 7.05. The molecule has 5 heteroatoms. The quantitative estimate of drug-likeness (QED) is 0.741. The summed E-state index contributed by atoms with van der Waals surface area (Å²) in [6.45, 7) is 4.19. The van der Waals surface area contributed by atoms with Gasteiger partial charge >= 0.3 is 0 Å². The van der Waals surface area contributed by atoms with E-state index in [1.54, 1.807) is 11.3 Å². The molecule has 0 aliphatic rings. The minimum Gasteiger partial charge on any atom is -0.326 e. The Bertz CT molecular complexity index is 762. The predicted octanol–water partition coefficient (Wildman–Crippen LogP) is 4.50. The van der Waals surface area contributed by atoms with Gasteiger partial charge in [0.2, 0.25) is 0 Å². The van der Waals surface area contributed by atoms with Gasteiger partial charge in [0.25, 0.3) is 0 Å². The van der Waals surface area contributed by atoms with Gasteiger partial charge in [0.15, 0.2) is 0 Å². The Hall–Kier alpha value is -1.17. The number of halogens is 1. The number of benzene rings is 1. The van der Waals surface area contributed by atoms with Crippen LogP contribution in [0.4, 0.5) is 0 Å². The first kappa shape index (κ1) is 14.8. The maximum Gasteiger partial charge on any atom is 0.107 e. The van der Waals surface area contributed by atoms with Crippen molar-refractivity contribution < 1.29 is 0 Å². The molecule has 0 bridgehead atoms. The van der Waals surface area contributed by atoms with Gasteiger partial charge in [-0.1, -0.05) is 19.1 Å². The highest BCUT2D eigenvalue weighted by Gasteiger charge is 2.25. The molecule has 0 radical (unpaired) electrons. The average Bonchev–Trinajstić information content (AvgIpc) is 3.04. The number of imidazole rings is 1. The van der Waals surface area contributed by atoms with Crippen LogP contribution in [0.5, 0.6) is 0 Å². The fourth-order valence-electron chi connectivity index (χ4n) is 2.75. The number of thiophene rings is 1. The normalized spacial score (nSPS) is 14.5. The van der Waals surface area contributed by atoms with Gasteiger partial charge in [-0.2, -0.15) is 0 Å².